The largest absolute Gasteiger partial charge is 0.381 e. The lowest BCUT2D eigenvalue weighted by atomic mass is 10.1. The first-order valence-electron chi connectivity index (χ1n) is 6.97. The van der Waals surface area contributed by atoms with E-state index in [-0.39, 0.29) is 5.92 Å². The third-order valence-corrected chi connectivity index (χ3v) is 3.80. The highest BCUT2D eigenvalue weighted by atomic mass is 16.5. The predicted octanol–water partition coefficient (Wildman–Crippen LogP) is 0.505. The molecule has 0 bridgehead atoms. The highest BCUT2D eigenvalue weighted by Crippen LogP contribution is 2.24. The Morgan fingerprint density at radius 2 is 1.95 bits per heavy atom. The van der Waals surface area contributed by atoms with Crippen LogP contribution < -0.4 is 11.1 Å². The van der Waals surface area contributed by atoms with E-state index in [1.54, 1.807) is 18.2 Å². The first-order valence-corrected chi connectivity index (χ1v) is 6.97. The van der Waals surface area contributed by atoms with Crippen LogP contribution in [0.25, 0.3) is 22.4 Å². The van der Waals surface area contributed by atoms with Crippen LogP contribution in [0.3, 0.4) is 0 Å². The molecule has 8 nitrogen and oxygen atoms in total. The molecule has 22 heavy (non-hydrogen) atoms. The lowest BCUT2D eigenvalue weighted by Gasteiger charge is -2.01. The van der Waals surface area contributed by atoms with Gasteiger partial charge in [-0.3, -0.25) is 14.7 Å². The molecule has 1 unspecified atom stereocenters. The molecule has 3 heterocycles. The number of nitrogens with zero attached hydrogens (tertiary/aromatic N) is 2. The smallest absolute Gasteiger partial charge is 0.314 e. The van der Waals surface area contributed by atoms with Gasteiger partial charge in [-0.2, -0.15) is 5.10 Å². The van der Waals surface area contributed by atoms with E-state index in [1.165, 1.54) is 0 Å². The van der Waals surface area contributed by atoms with Gasteiger partial charge < -0.3 is 14.7 Å². The molecule has 0 saturated carbocycles. The number of hydrogen-bond acceptors (Lipinski definition) is 5. The van der Waals surface area contributed by atoms with Crippen molar-refractivity contribution < 1.29 is 4.74 Å². The van der Waals surface area contributed by atoms with Crippen molar-refractivity contribution in [3.05, 3.63) is 44.7 Å². The molecule has 0 spiro atoms. The number of ether oxygens (including phenoxy) is 1. The highest BCUT2D eigenvalue weighted by Gasteiger charge is 2.21. The molecule has 2 aromatic heterocycles. The van der Waals surface area contributed by atoms with Crippen LogP contribution in [0.5, 0.6) is 0 Å². The van der Waals surface area contributed by atoms with E-state index in [0.717, 1.165) is 24.4 Å². The minimum absolute atomic E-state index is 0.248. The van der Waals surface area contributed by atoms with Gasteiger partial charge in [-0.25, -0.2) is 4.98 Å². The van der Waals surface area contributed by atoms with E-state index in [2.05, 4.69) is 25.1 Å². The summed E-state index contributed by atoms with van der Waals surface area (Å²) in [6.07, 6.45) is 0.931. The van der Waals surface area contributed by atoms with Gasteiger partial charge >= 0.3 is 11.1 Å². The normalized spacial score (nSPS) is 18.1. The Morgan fingerprint density at radius 3 is 2.73 bits per heavy atom. The summed E-state index contributed by atoms with van der Waals surface area (Å²) in [6, 6.07) is 5.26. The van der Waals surface area contributed by atoms with Crippen molar-refractivity contribution in [3.63, 3.8) is 0 Å². The first-order chi connectivity index (χ1) is 10.7. The summed E-state index contributed by atoms with van der Waals surface area (Å²) in [5, 5.41) is 7.17. The Kier molecular flexibility index (Phi) is 2.90. The minimum Gasteiger partial charge on any atom is -0.381 e. The third kappa shape index (κ3) is 2.13. The molecule has 0 radical (unpaired) electrons. The molecule has 1 saturated heterocycles. The standard InChI is InChI=1S/C14H13N5O3/c20-13-14(21)16-10-5-7(1-2-9(10)15-13)11-17-12(19-18-11)8-3-4-22-6-8/h1-2,5,8H,3-4,6H2,(H,15,20)(H,16,21)(H,17,18,19). The highest BCUT2D eigenvalue weighted by molar-refractivity contribution is 5.79. The molecule has 8 heteroatoms. The molecule has 1 atom stereocenters. The first kappa shape index (κ1) is 13.0. The second kappa shape index (κ2) is 4.92. The monoisotopic (exact) mass is 299 g/mol. The van der Waals surface area contributed by atoms with Gasteiger partial charge in [0, 0.05) is 18.1 Å². The summed E-state index contributed by atoms with van der Waals surface area (Å²) in [5.74, 6) is 1.61. The van der Waals surface area contributed by atoms with Crippen molar-refractivity contribution in [3.8, 4) is 11.4 Å². The molecule has 3 aromatic rings. The van der Waals surface area contributed by atoms with Crippen molar-refractivity contribution in [1.29, 1.82) is 0 Å². The average molecular weight is 299 g/mol. The van der Waals surface area contributed by atoms with Crippen LogP contribution in [0.1, 0.15) is 18.2 Å². The maximum Gasteiger partial charge on any atom is 0.314 e. The van der Waals surface area contributed by atoms with E-state index < -0.39 is 11.1 Å². The quantitative estimate of drug-likeness (QED) is 0.596. The van der Waals surface area contributed by atoms with Crippen molar-refractivity contribution in [2.24, 2.45) is 0 Å². The summed E-state index contributed by atoms with van der Waals surface area (Å²) in [5.41, 5.74) is 0.521. The number of fused-ring (bicyclic) bond motifs is 1. The van der Waals surface area contributed by atoms with Crippen LogP contribution in [-0.4, -0.2) is 38.4 Å². The van der Waals surface area contributed by atoms with E-state index in [1.807, 2.05) is 0 Å². The van der Waals surface area contributed by atoms with Gasteiger partial charge in [0.15, 0.2) is 5.82 Å². The van der Waals surface area contributed by atoms with Gasteiger partial charge in [0.1, 0.15) is 5.82 Å². The number of hydrogen-bond donors (Lipinski definition) is 3. The SMILES string of the molecule is O=c1[nH]c2ccc(-c3n[nH]c(C4CCOC4)n3)cc2[nH]c1=O. The van der Waals surface area contributed by atoms with Crippen LogP contribution in [-0.2, 0) is 4.74 Å². The molecular weight excluding hydrogens is 286 g/mol. The van der Waals surface area contributed by atoms with Gasteiger partial charge in [-0.05, 0) is 24.6 Å². The van der Waals surface area contributed by atoms with E-state index in [4.69, 9.17) is 4.74 Å². The van der Waals surface area contributed by atoms with Crippen molar-refractivity contribution in [1.82, 2.24) is 25.1 Å². The molecule has 1 aliphatic rings. The number of benzene rings is 1. The van der Waals surface area contributed by atoms with Crippen molar-refractivity contribution in [2.75, 3.05) is 13.2 Å². The van der Waals surface area contributed by atoms with Crippen LogP contribution >= 0.6 is 0 Å². The number of nitrogens with one attached hydrogen (secondary N) is 3. The predicted molar refractivity (Wildman–Crippen MR) is 78.7 cm³/mol. The summed E-state index contributed by atoms with van der Waals surface area (Å²) in [6.45, 7) is 1.40. The molecule has 1 fully saturated rings. The molecule has 3 N–H and O–H groups in total. The Bertz CT molecular complexity index is 949. The maximum absolute atomic E-state index is 11.4. The van der Waals surface area contributed by atoms with Gasteiger partial charge in [-0.15, -0.1) is 0 Å². The van der Waals surface area contributed by atoms with Crippen molar-refractivity contribution in [2.45, 2.75) is 12.3 Å². The van der Waals surface area contributed by atoms with Crippen LogP contribution in [0.2, 0.25) is 0 Å². The number of H-pyrrole nitrogens is 3. The maximum atomic E-state index is 11.4. The average Bonchev–Trinajstić information content (AvgIpc) is 3.19. The van der Waals surface area contributed by atoms with Gasteiger partial charge in [0.05, 0.1) is 17.6 Å². The lowest BCUT2D eigenvalue weighted by molar-refractivity contribution is 0.193. The number of aromatic nitrogens is 5. The van der Waals surface area contributed by atoms with E-state index >= 15 is 0 Å². The zero-order valence-electron chi connectivity index (χ0n) is 11.5. The zero-order chi connectivity index (χ0) is 15.1. The summed E-state index contributed by atoms with van der Waals surface area (Å²) < 4.78 is 5.35. The van der Waals surface area contributed by atoms with Crippen LogP contribution in [0.4, 0.5) is 0 Å². The van der Waals surface area contributed by atoms with E-state index in [0.29, 0.717) is 23.5 Å². The Hall–Kier alpha value is -2.74. The number of aromatic amines is 3. The summed E-state index contributed by atoms with van der Waals surface area (Å²) in [7, 11) is 0. The lowest BCUT2D eigenvalue weighted by Crippen LogP contribution is -2.28. The second-order valence-electron chi connectivity index (χ2n) is 5.27. The second-order valence-corrected chi connectivity index (χ2v) is 5.27. The molecule has 4 rings (SSSR count). The third-order valence-electron chi connectivity index (χ3n) is 3.80. The fraction of sp³-hybridized carbons (Fsp3) is 0.286. The van der Waals surface area contributed by atoms with E-state index in [9.17, 15) is 9.59 Å². The molecular formula is C14H13N5O3. The summed E-state index contributed by atoms with van der Waals surface area (Å²) in [4.78, 5) is 32.3. The fourth-order valence-electron chi connectivity index (χ4n) is 2.59. The zero-order valence-corrected chi connectivity index (χ0v) is 11.5. The molecule has 0 aliphatic carbocycles. The Labute approximate surface area is 123 Å². The minimum atomic E-state index is -0.677. The molecule has 112 valence electrons. The van der Waals surface area contributed by atoms with Crippen LogP contribution in [0.15, 0.2) is 27.8 Å². The molecule has 0 amide bonds. The van der Waals surface area contributed by atoms with Crippen molar-refractivity contribution >= 4 is 11.0 Å². The molecule has 1 aromatic carbocycles. The Balaban J connectivity index is 1.76. The Morgan fingerprint density at radius 1 is 1.14 bits per heavy atom. The van der Waals surface area contributed by atoms with Gasteiger partial charge in [0.2, 0.25) is 0 Å². The summed E-state index contributed by atoms with van der Waals surface area (Å²) >= 11 is 0. The van der Waals surface area contributed by atoms with Gasteiger partial charge in [-0.1, -0.05) is 0 Å². The molecule has 1 aliphatic heterocycles. The number of rotatable bonds is 2. The van der Waals surface area contributed by atoms with Gasteiger partial charge in [0.25, 0.3) is 0 Å². The fourth-order valence-corrected chi connectivity index (χ4v) is 2.59. The van der Waals surface area contributed by atoms with Crippen LogP contribution in [0, 0.1) is 0 Å². The topological polar surface area (TPSA) is 117 Å².